The van der Waals surface area contributed by atoms with Crippen LogP contribution >= 0.6 is 0 Å². The number of hydrogen-bond acceptors (Lipinski definition) is 4. The van der Waals surface area contributed by atoms with Gasteiger partial charge in [-0.3, -0.25) is 9.69 Å². The molecule has 1 unspecified atom stereocenters. The van der Waals surface area contributed by atoms with Gasteiger partial charge in [0.2, 0.25) is 0 Å². The number of carbonyl (C=O) groups excluding carboxylic acids is 2. The first-order valence-corrected chi connectivity index (χ1v) is 13.4. The lowest BCUT2D eigenvalue weighted by Gasteiger charge is -2.38. The number of nitrogens with zero attached hydrogens (tertiary/aromatic N) is 4. The van der Waals surface area contributed by atoms with Crippen LogP contribution in [0.3, 0.4) is 0 Å². The maximum atomic E-state index is 13.2. The first-order valence-electron chi connectivity index (χ1n) is 13.4. The van der Waals surface area contributed by atoms with Gasteiger partial charge >= 0.3 is 6.09 Å². The fourth-order valence-corrected chi connectivity index (χ4v) is 5.99. The van der Waals surface area contributed by atoms with Crippen molar-refractivity contribution in [1.82, 2.24) is 19.3 Å². The van der Waals surface area contributed by atoms with Crippen LogP contribution in [0.5, 0.6) is 0 Å². The fraction of sp³-hybridized carbons (Fsp3) is 0.643. The highest BCUT2D eigenvalue weighted by molar-refractivity contribution is 5.98. The van der Waals surface area contributed by atoms with Crippen LogP contribution in [-0.2, 0) is 11.3 Å². The van der Waals surface area contributed by atoms with Gasteiger partial charge in [-0.05, 0) is 70.2 Å². The number of piperazine rings is 1. The van der Waals surface area contributed by atoms with Gasteiger partial charge in [-0.15, -0.1) is 0 Å². The number of fused-ring (bicyclic) bond motifs is 1. The van der Waals surface area contributed by atoms with Gasteiger partial charge in [0.25, 0.3) is 5.91 Å². The summed E-state index contributed by atoms with van der Waals surface area (Å²) in [7, 11) is 0. The van der Waals surface area contributed by atoms with Crippen molar-refractivity contribution in [3.8, 4) is 0 Å². The Morgan fingerprint density at radius 1 is 0.943 bits per heavy atom. The standard InChI is InChI=1S/C28H40N4O3/c1-28(2,3)35-27(34)32-12-10-21(20-32)19-31-13-11-22-18-23(8-9-25(22)31)26(33)30-16-14-29(15-17-30)24-6-4-5-7-24/h8-9,11,13,18,21,24H,4-7,10,12,14-17,19-20H2,1-3H3. The summed E-state index contributed by atoms with van der Waals surface area (Å²) in [6.07, 6.45) is 8.21. The Labute approximate surface area is 209 Å². The topological polar surface area (TPSA) is 58.0 Å². The number of amides is 2. The molecule has 1 atom stereocenters. The quantitative estimate of drug-likeness (QED) is 0.642. The molecule has 1 aromatic carbocycles. The second kappa shape index (κ2) is 9.84. The molecule has 1 aliphatic carbocycles. The van der Waals surface area contributed by atoms with Gasteiger partial charge in [-0.25, -0.2) is 4.79 Å². The van der Waals surface area contributed by atoms with Gasteiger partial charge in [0.15, 0.2) is 0 Å². The lowest BCUT2D eigenvalue weighted by atomic mass is 10.1. The summed E-state index contributed by atoms with van der Waals surface area (Å²) in [6.45, 7) is 11.7. The number of aromatic nitrogens is 1. The van der Waals surface area contributed by atoms with Crippen molar-refractivity contribution in [2.75, 3.05) is 39.3 Å². The van der Waals surface area contributed by atoms with Crippen LogP contribution in [-0.4, -0.2) is 82.2 Å². The van der Waals surface area contributed by atoms with Crippen LogP contribution < -0.4 is 0 Å². The van der Waals surface area contributed by atoms with E-state index in [2.05, 4.69) is 27.8 Å². The minimum absolute atomic E-state index is 0.148. The van der Waals surface area contributed by atoms with E-state index in [0.717, 1.165) is 74.7 Å². The molecule has 7 heteroatoms. The Balaban J connectivity index is 1.18. The lowest BCUT2D eigenvalue weighted by molar-refractivity contribution is 0.0287. The van der Waals surface area contributed by atoms with E-state index in [9.17, 15) is 9.59 Å². The summed E-state index contributed by atoms with van der Waals surface area (Å²) >= 11 is 0. The van der Waals surface area contributed by atoms with E-state index in [1.807, 2.05) is 42.7 Å². The molecule has 3 fully saturated rings. The molecule has 3 heterocycles. The molecule has 190 valence electrons. The Hall–Kier alpha value is -2.54. The van der Waals surface area contributed by atoms with Gasteiger partial charge < -0.3 is 19.1 Å². The van der Waals surface area contributed by atoms with E-state index in [1.54, 1.807) is 0 Å². The van der Waals surface area contributed by atoms with Crippen LogP contribution in [0.2, 0.25) is 0 Å². The maximum Gasteiger partial charge on any atom is 0.410 e. The van der Waals surface area contributed by atoms with Crippen molar-refractivity contribution < 1.29 is 14.3 Å². The molecule has 0 radical (unpaired) electrons. The van der Waals surface area contributed by atoms with E-state index in [4.69, 9.17) is 4.74 Å². The molecule has 0 spiro atoms. The maximum absolute atomic E-state index is 13.2. The van der Waals surface area contributed by atoms with Crippen molar-refractivity contribution in [3.05, 3.63) is 36.0 Å². The smallest absolute Gasteiger partial charge is 0.410 e. The minimum atomic E-state index is -0.468. The summed E-state index contributed by atoms with van der Waals surface area (Å²) in [5.74, 6) is 0.546. The van der Waals surface area contributed by atoms with Crippen molar-refractivity contribution in [1.29, 1.82) is 0 Å². The third kappa shape index (κ3) is 5.50. The molecule has 7 nitrogen and oxygen atoms in total. The zero-order valence-electron chi connectivity index (χ0n) is 21.5. The number of ether oxygens (including phenoxy) is 1. The summed E-state index contributed by atoms with van der Waals surface area (Å²) < 4.78 is 7.79. The predicted molar refractivity (Wildman–Crippen MR) is 138 cm³/mol. The van der Waals surface area contributed by atoms with Crippen LogP contribution in [0.4, 0.5) is 4.79 Å². The van der Waals surface area contributed by atoms with Gasteiger partial charge in [0.1, 0.15) is 5.60 Å². The highest BCUT2D eigenvalue weighted by atomic mass is 16.6. The summed E-state index contributed by atoms with van der Waals surface area (Å²) in [4.78, 5) is 32.0. The average molecular weight is 481 g/mol. The monoisotopic (exact) mass is 480 g/mol. The van der Waals surface area contributed by atoms with E-state index in [0.29, 0.717) is 5.92 Å². The van der Waals surface area contributed by atoms with Crippen LogP contribution in [0.25, 0.3) is 10.9 Å². The van der Waals surface area contributed by atoms with Crippen LogP contribution in [0.15, 0.2) is 30.5 Å². The molecule has 2 amide bonds. The second-order valence-corrected chi connectivity index (χ2v) is 11.6. The zero-order valence-corrected chi connectivity index (χ0v) is 21.5. The molecule has 2 aromatic rings. The number of benzene rings is 1. The van der Waals surface area contributed by atoms with Crippen LogP contribution in [0.1, 0.15) is 63.2 Å². The second-order valence-electron chi connectivity index (χ2n) is 11.6. The number of likely N-dealkylation sites (tertiary alicyclic amines) is 1. The molecule has 0 bridgehead atoms. The van der Waals surface area contributed by atoms with Gasteiger partial charge in [-0.1, -0.05) is 12.8 Å². The number of rotatable bonds is 4. The van der Waals surface area contributed by atoms with E-state index >= 15 is 0 Å². The molecule has 35 heavy (non-hydrogen) atoms. The predicted octanol–water partition coefficient (Wildman–Crippen LogP) is 4.60. The molecular weight excluding hydrogens is 440 g/mol. The Morgan fingerprint density at radius 2 is 1.69 bits per heavy atom. The Morgan fingerprint density at radius 3 is 2.40 bits per heavy atom. The number of hydrogen-bond donors (Lipinski definition) is 0. The van der Waals surface area contributed by atoms with Gasteiger partial charge in [-0.2, -0.15) is 0 Å². The van der Waals surface area contributed by atoms with Crippen molar-refractivity contribution in [3.63, 3.8) is 0 Å². The molecular formula is C28H40N4O3. The zero-order chi connectivity index (χ0) is 24.6. The highest BCUT2D eigenvalue weighted by Gasteiger charge is 2.31. The van der Waals surface area contributed by atoms with E-state index in [-0.39, 0.29) is 12.0 Å². The molecule has 5 rings (SSSR count). The number of carbonyl (C=O) groups is 2. The molecule has 0 N–H and O–H groups in total. The largest absolute Gasteiger partial charge is 0.444 e. The lowest BCUT2D eigenvalue weighted by Crippen LogP contribution is -2.51. The summed E-state index contributed by atoms with van der Waals surface area (Å²) in [6, 6.07) is 8.94. The Kier molecular flexibility index (Phi) is 6.80. The van der Waals surface area contributed by atoms with E-state index < -0.39 is 5.60 Å². The fourth-order valence-electron chi connectivity index (χ4n) is 5.99. The van der Waals surface area contributed by atoms with Crippen LogP contribution in [0, 0.1) is 5.92 Å². The van der Waals surface area contributed by atoms with Gasteiger partial charge in [0.05, 0.1) is 0 Å². The minimum Gasteiger partial charge on any atom is -0.444 e. The molecule has 1 aromatic heterocycles. The molecule has 2 aliphatic heterocycles. The third-order valence-electron chi connectivity index (χ3n) is 7.85. The SMILES string of the molecule is CC(C)(C)OC(=O)N1CCC(Cn2ccc3cc(C(=O)N4CCN(C5CCCC5)CC4)ccc32)C1. The summed E-state index contributed by atoms with van der Waals surface area (Å²) in [5.41, 5.74) is 1.45. The van der Waals surface area contributed by atoms with Crippen molar-refractivity contribution in [2.45, 2.75) is 71.1 Å². The average Bonchev–Trinajstić information content (AvgIpc) is 3.59. The molecule has 2 saturated heterocycles. The molecule has 3 aliphatic rings. The first-order chi connectivity index (χ1) is 16.8. The third-order valence-corrected chi connectivity index (χ3v) is 7.85. The normalized spacial score (nSPS) is 22.3. The van der Waals surface area contributed by atoms with E-state index in [1.165, 1.54) is 25.7 Å². The Bertz CT molecular complexity index is 1060. The van der Waals surface area contributed by atoms with Crippen molar-refractivity contribution >= 4 is 22.9 Å². The van der Waals surface area contributed by atoms with Crippen molar-refractivity contribution in [2.24, 2.45) is 5.92 Å². The van der Waals surface area contributed by atoms with Gasteiger partial charge in [0, 0.05) is 74.5 Å². The summed E-state index contributed by atoms with van der Waals surface area (Å²) in [5, 5.41) is 1.10. The molecule has 1 saturated carbocycles. The highest BCUT2D eigenvalue weighted by Crippen LogP contribution is 2.26. The first kappa shape index (κ1) is 24.2.